The van der Waals surface area contributed by atoms with Gasteiger partial charge in [-0.2, -0.15) is 4.99 Å². The molecule has 0 amide bonds. The Morgan fingerprint density at radius 1 is 1.29 bits per heavy atom. The molecule has 0 aromatic heterocycles. The molecule has 1 aromatic rings. The van der Waals surface area contributed by atoms with Crippen LogP contribution in [0.3, 0.4) is 0 Å². The first-order chi connectivity index (χ1) is 8.31. The second-order valence-electron chi connectivity index (χ2n) is 4.66. The molecule has 2 rings (SSSR count). The first-order valence-corrected chi connectivity index (χ1v) is 6.15. The second-order valence-corrected chi connectivity index (χ2v) is 4.66. The van der Waals surface area contributed by atoms with Crippen molar-refractivity contribution in [3.8, 4) is 0 Å². The Balaban J connectivity index is 2.21. The summed E-state index contributed by atoms with van der Waals surface area (Å²) in [6.07, 6.45) is 3.88. The SMILES string of the molecule is Cc1ccc(C(N=C=O)C2CCNCC2)cc1. The van der Waals surface area contributed by atoms with Crippen LogP contribution in [0.4, 0.5) is 0 Å². The standard InChI is InChI=1S/C14H18N2O/c1-11-2-4-12(5-3-11)14(16-10-17)13-6-8-15-9-7-13/h2-5,13-15H,6-9H2,1H3. The molecule has 1 aromatic carbocycles. The van der Waals surface area contributed by atoms with E-state index in [1.54, 1.807) is 6.08 Å². The number of rotatable bonds is 3. The monoisotopic (exact) mass is 230 g/mol. The topological polar surface area (TPSA) is 41.5 Å². The van der Waals surface area contributed by atoms with E-state index >= 15 is 0 Å². The molecule has 0 saturated carbocycles. The van der Waals surface area contributed by atoms with Gasteiger partial charge in [-0.15, -0.1) is 0 Å². The molecule has 0 radical (unpaired) electrons. The largest absolute Gasteiger partial charge is 0.317 e. The highest BCUT2D eigenvalue weighted by Gasteiger charge is 2.24. The number of benzene rings is 1. The fourth-order valence-electron chi connectivity index (χ4n) is 2.43. The van der Waals surface area contributed by atoms with Crippen molar-refractivity contribution in [3.63, 3.8) is 0 Å². The van der Waals surface area contributed by atoms with Crippen molar-refractivity contribution in [3.05, 3.63) is 35.4 Å². The summed E-state index contributed by atoms with van der Waals surface area (Å²) in [7, 11) is 0. The van der Waals surface area contributed by atoms with Crippen LogP contribution >= 0.6 is 0 Å². The zero-order chi connectivity index (χ0) is 12.1. The lowest BCUT2D eigenvalue weighted by molar-refractivity contribution is 0.322. The third-order valence-electron chi connectivity index (χ3n) is 3.44. The van der Waals surface area contributed by atoms with Gasteiger partial charge in [-0.25, -0.2) is 4.79 Å². The average Bonchev–Trinajstić information content (AvgIpc) is 2.38. The van der Waals surface area contributed by atoms with Crippen LogP contribution in [-0.4, -0.2) is 19.2 Å². The van der Waals surface area contributed by atoms with Gasteiger partial charge in [-0.3, -0.25) is 0 Å². The molecule has 1 saturated heterocycles. The van der Waals surface area contributed by atoms with Crippen LogP contribution < -0.4 is 5.32 Å². The number of hydrogen-bond donors (Lipinski definition) is 1. The number of nitrogens with one attached hydrogen (secondary N) is 1. The fraction of sp³-hybridized carbons (Fsp3) is 0.500. The molecular formula is C14H18N2O. The molecule has 3 nitrogen and oxygen atoms in total. The molecule has 1 atom stereocenters. The number of isocyanates is 1. The summed E-state index contributed by atoms with van der Waals surface area (Å²) in [5.41, 5.74) is 2.36. The van der Waals surface area contributed by atoms with Gasteiger partial charge in [0.15, 0.2) is 0 Å². The number of piperidine rings is 1. The van der Waals surface area contributed by atoms with Crippen molar-refractivity contribution in [2.45, 2.75) is 25.8 Å². The van der Waals surface area contributed by atoms with E-state index in [2.05, 4.69) is 41.5 Å². The maximum Gasteiger partial charge on any atom is 0.235 e. The minimum Gasteiger partial charge on any atom is -0.317 e. The number of aliphatic imine (C=N–C) groups is 1. The van der Waals surface area contributed by atoms with Crippen LogP contribution in [0.2, 0.25) is 0 Å². The van der Waals surface area contributed by atoms with E-state index < -0.39 is 0 Å². The van der Waals surface area contributed by atoms with E-state index in [-0.39, 0.29) is 6.04 Å². The molecule has 1 N–H and O–H groups in total. The molecule has 17 heavy (non-hydrogen) atoms. The molecule has 1 aliphatic heterocycles. The molecule has 1 unspecified atom stereocenters. The Labute approximate surface area is 102 Å². The molecule has 90 valence electrons. The van der Waals surface area contributed by atoms with Gasteiger partial charge >= 0.3 is 0 Å². The third-order valence-corrected chi connectivity index (χ3v) is 3.44. The van der Waals surface area contributed by atoms with E-state index in [1.165, 1.54) is 5.56 Å². The summed E-state index contributed by atoms with van der Waals surface area (Å²) in [5.74, 6) is 0.459. The van der Waals surface area contributed by atoms with Crippen LogP contribution in [0.1, 0.15) is 30.0 Å². The summed E-state index contributed by atoms with van der Waals surface area (Å²) in [6, 6.07) is 8.27. The first-order valence-electron chi connectivity index (χ1n) is 6.15. The van der Waals surface area contributed by atoms with E-state index in [9.17, 15) is 4.79 Å². The highest BCUT2D eigenvalue weighted by molar-refractivity contribution is 5.36. The third kappa shape index (κ3) is 3.02. The predicted molar refractivity (Wildman–Crippen MR) is 67.6 cm³/mol. The fourth-order valence-corrected chi connectivity index (χ4v) is 2.43. The first kappa shape index (κ1) is 12.0. The minimum absolute atomic E-state index is 0.0183. The number of aryl methyl sites for hydroxylation is 1. The van der Waals surface area contributed by atoms with Gasteiger partial charge in [0, 0.05) is 0 Å². The van der Waals surface area contributed by atoms with Crippen LogP contribution in [0.15, 0.2) is 29.3 Å². The summed E-state index contributed by atoms with van der Waals surface area (Å²) in [4.78, 5) is 14.6. The quantitative estimate of drug-likeness (QED) is 0.640. The number of nitrogens with zero attached hydrogens (tertiary/aromatic N) is 1. The smallest absolute Gasteiger partial charge is 0.235 e. The minimum atomic E-state index is -0.0183. The molecule has 1 aliphatic rings. The van der Waals surface area contributed by atoms with Crippen molar-refractivity contribution < 1.29 is 4.79 Å². The summed E-state index contributed by atoms with van der Waals surface area (Å²) < 4.78 is 0. The van der Waals surface area contributed by atoms with Crippen LogP contribution in [-0.2, 0) is 4.79 Å². The van der Waals surface area contributed by atoms with Crippen molar-refractivity contribution in [1.29, 1.82) is 0 Å². The Kier molecular flexibility index (Phi) is 4.08. The zero-order valence-electron chi connectivity index (χ0n) is 10.1. The van der Waals surface area contributed by atoms with Gasteiger partial charge < -0.3 is 5.32 Å². The van der Waals surface area contributed by atoms with Gasteiger partial charge in [0.25, 0.3) is 0 Å². The highest BCUT2D eigenvalue weighted by atomic mass is 16.1. The lowest BCUT2D eigenvalue weighted by atomic mass is 9.86. The van der Waals surface area contributed by atoms with Gasteiger partial charge in [-0.05, 0) is 44.3 Å². The van der Waals surface area contributed by atoms with Gasteiger partial charge in [0.05, 0.1) is 6.04 Å². The highest BCUT2D eigenvalue weighted by Crippen LogP contribution is 2.31. The molecule has 0 spiro atoms. The van der Waals surface area contributed by atoms with Gasteiger partial charge in [-0.1, -0.05) is 29.8 Å². The Morgan fingerprint density at radius 3 is 2.53 bits per heavy atom. The van der Waals surface area contributed by atoms with Crippen molar-refractivity contribution >= 4 is 6.08 Å². The van der Waals surface area contributed by atoms with Crippen molar-refractivity contribution in [1.82, 2.24) is 5.32 Å². The summed E-state index contributed by atoms with van der Waals surface area (Å²) in [5, 5.41) is 3.33. The molecule has 1 fully saturated rings. The normalized spacial score (nSPS) is 18.4. The molecule has 3 heteroatoms. The molecular weight excluding hydrogens is 212 g/mol. The van der Waals surface area contributed by atoms with Crippen LogP contribution in [0.25, 0.3) is 0 Å². The van der Waals surface area contributed by atoms with E-state index in [1.807, 2.05) is 0 Å². The van der Waals surface area contributed by atoms with E-state index in [0.717, 1.165) is 31.5 Å². The lowest BCUT2D eigenvalue weighted by Gasteiger charge is -2.27. The molecule has 1 heterocycles. The predicted octanol–water partition coefficient (Wildman–Crippen LogP) is 2.37. The van der Waals surface area contributed by atoms with Crippen LogP contribution in [0.5, 0.6) is 0 Å². The van der Waals surface area contributed by atoms with Crippen molar-refractivity contribution in [2.75, 3.05) is 13.1 Å². The summed E-state index contributed by atoms with van der Waals surface area (Å²) in [6.45, 7) is 4.09. The molecule has 0 bridgehead atoms. The van der Waals surface area contributed by atoms with E-state index in [0.29, 0.717) is 5.92 Å². The number of hydrogen-bond acceptors (Lipinski definition) is 3. The lowest BCUT2D eigenvalue weighted by Crippen LogP contribution is -2.30. The Bertz CT molecular complexity index is 401. The van der Waals surface area contributed by atoms with Crippen LogP contribution in [0, 0.1) is 12.8 Å². The second kappa shape index (κ2) is 5.76. The van der Waals surface area contributed by atoms with Gasteiger partial charge in [0.1, 0.15) is 0 Å². The summed E-state index contributed by atoms with van der Waals surface area (Å²) >= 11 is 0. The number of carbonyl (C=O) groups excluding carboxylic acids is 1. The molecule has 0 aliphatic carbocycles. The maximum absolute atomic E-state index is 10.6. The Hall–Kier alpha value is -1.44. The average molecular weight is 230 g/mol. The van der Waals surface area contributed by atoms with Gasteiger partial charge in [0.2, 0.25) is 6.08 Å². The maximum atomic E-state index is 10.6. The zero-order valence-corrected chi connectivity index (χ0v) is 10.1. The van der Waals surface area contributed by atoms with Crippen molar-refractivity contribution in [2.24, 2.45) is 10.9 Å². The Morgan fingerprint density at radius 2 is 1.94 bits per heavy atom. The van der Waals surface area contributed by atoms with E-state index in [4.69, 9.17) is 0 Å².